The highest BCUT2D eigenvalue weighted by Gasteiger charge is 2.20. The number of amides is 2. The van der Waals surface area contributed by atoms with E-state index < -0.39 is 11.8 Å². The monoisotopic (exact) mass is 249 g/mol. The molecule has 0 bridgehead atoms. The van der Waals surface area contributed by atoms with Crippen molar-refractivity contribution in [2.75, 3.05) is 7.11 Å². The zero-order valence-corrected chi connectivity index (χ0v) is 9.58. The highest BCUT2D eigenvalue weighted by molar-refractivity contribution is 6.00. The summed E-state index contributed by atoms with van der Waals surface area (Å²) < 4.78 is 6.11. The quantitative estimate of drug-likeness (QED) is 0.724. The first-order valence-corrected chi connectivity index (χ1v) is 5.01. The molecule has 8 heteroatoms. The van der Waals surface area contributed by atoms with E-state index in [1.807, 2.05) is 0 Å². The molecule has 0 radical (unpaired) electrons. The van der Waals surface area contributed by atoms with Crippen LogP contribution in [0, 0.1) is 0 Å². The van der Waals surface area contributed by atoms with Crippen LogP contribution in [-0.4, -0.2) is 33.5 Å². The molecule has 0 aliphatic carbocycles. The van der Waals surface area contributed by atoms with Crippen molar-refractivity contribution < 1.29 is 14.3 Å². The van der Waals surface area contributed by atoms with E-state index in [0.29, 0.717) is 5.69 Å². The molecule has 2 aromatic heterocycles. The lowest BCUT2D eigenvalue weighted by Gasteiger charge is -1.99. The number of nitrogens with two attached hydrogens (primary N) is 2. The Bertz CT molecular complexity index is 634. The van der Waals surface area contributed by atoms with Crippen molar-refractivity contribution in [2.45, 2.75) is 6.61 Å². The predicted octanol–water partition coefficient (Wildman–Crippen LogP) is -0.926. The number of rotatable bonds is 4. The van der Waals surface area contributed by atoms with Crippen molar-refractivity contribution in [1.82, 2.24) is 14.6 Å². The Morgan fingerprint density at radius 1 is 1.39 bits per heavy atom. The zero-order valence-electron chi connectivity index (χ0n) is 9.58. The van der Waals surface area contributed by atoms with Crippen LogP contribution in [0.15, 0.2) is 12.3 Å². The maximum Gasteiger partial charge on any atom is 0.269 e. The van der Waals surface area contributed by atoms with Crippen molar-refractivity contribution in [1.29, 1.82) is 0 Å². The van der Waals surface area contributed by atoms with Crippen LogP contribution < -0.4 is 11.5 Å². The fraction of sp³-hybridized carbons (Fsp3) is 0.200. The van der Waals surface area contributed by atoms with Crippen LogP contribution in [0.1, 0.15) is 26.5 Å². The maximum atomic E-state index is 11.4. The molecule has 94 valence electrons. The zero-order chi connectivity index (χ0) is 13.3. The third kappa shape index (κ3) is 1.78. The fourth-order valence-electron chi connectivity index (χ4n) is 1.67. The van der Waals surface area contributed by atoms with Gasteiger partial charge in [-0.1, -0.05) is 0 Å². The van der Waals surface area contributed by atoms with Gasteiger partial charge in [-0.25, -0.2) is 9.50 Å². The standard InChI is InChI=1S/C10H11N5O3/c1-18-4-6-7(9(12)17)15-10(14-6)5(8(11)16)2-3-13-15/h2-3H,4H2,1H3,(H2,11,16)(H2,12,17). The lowest BCUT2D eigenvalue weighted by atomic mass is 10.3. The average molecular weight is 249 g/mol. The number of methoxy groups -OCH3 is 1. The minimum absolute atomic E-state index is 0.0787. The van der Waals surface area contributed by atoms with Gasteiger partial charge in [0.2, 0.25) is 0 Å². The summed E-state index contributed by atoms with van der Waals surface area (Å²) in [6.07, 6.45) is 1.35. The van der Waals surface area contributed by atoms with Gasteiger partial charge in [0.15, 0.2) is 11.3 Å². The highest BCUT2D eigenvalue weighted by atomic mass is 16.5. The van der Waals surface area contributed by atoms with Gasteiger partial charge in [0.1, 0.15) is 5.69 Å². The Kier molecular flexibility index (Phi) is 2.94. The molecule has 4 N–H and O–H groups in total. The molecule has 0 fully saturated rings. The van der Waals surface area contributed by atoms with E-state index in [-0.39, 0.29) is 23.5 Å². The lowest BCUT2D eigenvalue weighted by molar-refractivity contribution is 0.0982. The molecule has 0 aliphatic heterocycles. The molecule has 2 amide bonds. The first-order chi connectivity index (χ1) is 8.56. The van der Waals surface area contributed by atoms with Gasteiger partial charge in [0.25, 0.3) is 11.8 Å². The third-order valence-electron chi connectivity index (χ3n) is 2.37. The average Bonchev–Trinajstić information content (AvgIpc) is 2.66. The van der Waals surface area contributed by atoms with Crippen molar-refractivity contribution in [3.05, 3.63) is 29.2 Å². The van der Waals surface area contributed by atoms with E-state index in [4.69, 9.17) is 16.2 Å². The van der Waals surface area contributed by atoms with Crippen LogP contribution >= 0.6 is 0 Å². The van der Waals surface area contributed by atoms with Crippen molar-refractivity contribution >= 4 is 17.5 Å². The van der Waals surface area contributed by atoms with Crippen LogP contribution in [-0.2, 0) is 11.3 Å². The number of fused-ring (bicyclic) bond motifs is 1. The topological polar surface area (TPSA) is 126 Å². The molecule has 0 atom stereocenters. The Morgan fingerprint density at radius 2 is 2.11 bits per heavy atom. The van der Waals surface area contributed by atoms with Gasteiger partial charge < -0.3 is 16.2 Å². The summed E-state index contributed by atoms with van der Waals surface area (Å²) in [7, 11) is 1.46. The molecule has 8 nitrogen and oxygen atoms in total. The molecule has 0 aromatic carbocycles. The van der Waals surface area contributed by atoms with Crippen LogP contribution in [0.3, 0.4) is 0 Å². The smallest absolute Gasteiger partial charge is 0.269 e. The van der Waals surface area contributed by atoms with E-state index >= 15 is 0 Å². The number of nitrogens with zero attached hydrogens (tertiary/aromatic N) is 3. The number of primary amides is 2. The summed E-state index contributed by atoms with van der Waals surface area (Å²) in [5, 5.41) is 3.94. The molecule has 2 rings (SSSR count). The minimum Gasteiger partial charge on any atom is -0.378 e. The van der Waals surface area contributed by atoms with Crippen LogP contribution in [0.2, 0.25) is 0 Å². The van der Waals surface area contributed by atoms with Gasteiger partial charge in [-0.05, 0) is 6.07 Å². The van der Waals surface area contributed by atoms with E-state index in [9.17, 15) is 9.59 Å². The Morgan fingerprint density at radius 3 is 2.67 bits per heavy atom. The summed E-state index contributed by atoms with van der Waals surface area (Å²) in [6.45, 7) is 0.0832. The summed E-state index contributed by atoms with van der Waals surface area (Å²) in [5.41, 5.74) is 11.2. The molecule has 0 unspecified atom stereocenters. The second-order valence-electron chi connectivity index (χ2n) is 3.55. The Labute approximate surface area is 102 Å². The Balaban J connectivity index is 2.79. The van der Waals surface area contributed by atoms with Gasteiger partial charge in [0, 0.05) is 13.3 Å². The van der Waals surface area contributed by atoms with Gasteiger partial charge in [-0.2, -0.15) is 5.10 Å². The number of carbonyl (C=O) groups is 2. The lowest BCUT2D eigenvalue weighted by Crippen LogP contribution is -2.18. The first-order valence-electron chi connectivity index (χ1n) is 5.01. The van der Waals surface area contributed by atoms with Gasteiger partial charge in [-0.3, -0.25) is 9.59 Å². The molecular formula is C10H11N5O3. The maximum absolute atomic E-state index is 11.4. The SMILES string of the molecule is COCc1nc2c(C(N)=O)ccnn2c1C(N)=O. The molecule has 0 saturated heterocycles. The van der Waals surface area contributed by atoms with Crippen LogP contribution in [0.4, 0.5) is 0 Å². The number of aromatic nitrogens is 3. The van der Waals surface area contributed by atoms with Crippen LogP contribution in [0.5, 0.6) is 0 Å². The molecule has 2 aromatic rings. The van der Waals surface area contributed by atoms with Crippen molar-refractivity contribution in [3.63, 3.8) is 0 Å². The number of carbonyl (C=O) groups excluding carboxylic acids is 2. The molecule has 0 aliphatic rings. The number of imidazole rings is 1. The number of ether oxygens (including phenoxy) is 1. The largest absolute Gasteiger partial charge is 0.378 e. The van der Waals surface area contributed by atoms with E-state index in [1.54, 1.807) is 0 Å². The van der Waals surface area contributed by atoms with E-state index in [1.165, 1.54) is 23.9 Å². The summed E-state index contributed by atoms with van der Waals surface area (Å²) in [5.74, 6) is -1.36. The van der Waals surface area contributed by atoms with Gasteiger partial charge in [-0.15, -0.1) is 0 Å². The summed E-state index contributed by atoms with van der Waals surface area (Å²) in [4.78, 5) is 26.8. The molecular weight excluding hydrogens is 238 g/mol. The molecule has 0 spiro atoms. The van der Waals surface area contributed by atoms with Gasteiger partial charge >= 0.3 is 0 Å². The van der Waals surface area contributed by atoms with E-state index in [2.05, 4.69) is 10.1 Å². The predicted molar refractivity (Wildman–Crippen MR) is 60.7 cm³/mol. The Hall–Kier alpha value is -2.48. The fourth-order valence-corrected chi connectivity index (χ4v) is 1.67. The first kappa shape index (κ1) is 12.0. The normalized spacial score (nSPS) is 10.7. The van der Waals surface area contributed by atoms with Crippen molar-refractivity contribution in [2.24, 2.45) is 11.5 Å². The van der Waals surface area contributed by atoms with Gasteiger partial charge in [0.05, 0.1) is 12.2 Å². The van der Waals surface area contributed by atoms with Crippen molar-refractivity contribution in [3.8, 4) is 0 Å². The summed E-state index contributed by atoms with van der Waals surface area (Å²) in [6, 6.07) is 1.42. The second kappa shape index (κ2) is 4.41. The molecule has 18 heavy (non-hydrogen) atoms. The highest BCUT2D eigenvalue weighted by Crippen LogP contribution is 2.15. The molecule has 0 saturated carbocycles. The minimum atomic E-state index is -0.705. The third-order valence-corrected chi connectivity index (χ3v) is 2.37. The number of hydrogen-bond donors (Lipinski definition) is 2. The molecule has 2 heterocycles. The van der Waals surface area contributed by atoms with Crippen LogP contribution in [0.25, 0.3) is 5.65 Å². The summed E-state index contributed by atoms with van der Waals surface area (Å²) >= 11 is 0. The second-order valence-corrected chi connectivity index (χ2v) is 3.55. The number of hydrogen-bond acceptors (Lipinski definition) is 5. The van der Waals surface area contributed by atoms with E-state index in [0.717, 1.165) is 0 Å².